The number of carbonyl (C=O) groups is 1. The summed E-state index contributed by atoms with van der Waals surface area (Å²) in [6, 6.07) is 0. The fraction of sp³-hybridized carbons (Fsp3) is 0.611. The number of rotatable bonds is 13. The second-order valence-electron chi connectivity index (χ2n) is 4.99. The van der Waals surface area contributed by atoms with Gasteiger partial charge in [-0.2, -0.15) is 0 Å². The first-order valence-corrected chi connectivity index (χ1v) is 7.94. The molecule has 1 N–H and O–H groups in total. The Bertz CT molecular complexity index is 306. The van der Waals surface area contributed by atoms with E-state index < -0.39 is 5.97 Å². The normalized spacial score (nSPS) is 11.5. The second-order valence-corrected chi connectivity index (χ2v) is 4.99. The number of hydrogen-bond acceptors (Lipinski definition) is 1. The average Bonchev–Trinajstić information content (AvgIpc) is 2.43. The van der Waals surface area contributed by atoms with Gasteiger partial charge < -0.3 is 5.11 Å². The molecule has 0 radical (unpaired) electrons. The molecule has 0 aromatic carbocycles. The molecule has 0 aliphatic carbocycles. The van der Waals surface area contributed by atoms with Gasteiger partial charge in [0, 0.05) is 6.42 Å². The van der Waals surface area contributed by atoms with Gasteiger partial charge in [0.1, 0.15) is 0 Å². The van der Waals surface area contributed by atoms with E-state index in [1.165, 1.54) is 12.8 Å². The van der Waals surface area contributed by atoms with Crippen LogP contribution >= 0.6 is 0 Å². The number of carboxylic acid groups (broad SMARTS) is 1. The predicted molar refractivity (Wildman–Crippen MR) is 96.8 cm³/mol. The Kier molecular flexibility index (Phi) is 21.3. The van der Waals surface area contributed by atoms with Gasteiger partial charge in [-0.15, -0.1) is 0 Å². The maximum atomic E-state index is 10.3. The molecule has 0 aromatic rings. The van der Waals surface area contributed by atoms with Gasteiger partial charge in [0.2, 0.25) is 0 Å². The summed E-state index contributed by atoms with van der Waals surface area (Å²) in [5.41, 5.74) is 0. The van der Waals surface area contributed by atoms with Gasteiger partial charge in [-0.05, 0) is 38.5 Å². The SMILES string of the molecule is CC/C=C\C/C=C\C/C=C\CCCCCCCC(=O)O.[BiH3]. The Hall–Kier alpha value is -0.427. The number of aliphatic carboxylic acids is 1. The van der Waals surface area contributed by atoms with Crippen molar-refractivity contribution in [2.75, 3.05) is 0 Å². The number of unbranched alkanes of at least 4 members (excludes halogenated alkanes) is 5. The van der Waals surface area contributed by atoms with Gasteiger partial charge in [0.25, 0.3) is 0 Å². The van der Waals surface area contributed by atoms with Crippen LogP contribution in [0.15, 0.2) is 36.5 Å². The van der Waals surface area contributed by atoms with Crippen LogP contribution < -0.4 is 0 Å². The molecule has 0 aliphatic heterocycles. The van der Waals surface area contributed by atoms with E-state index in [9.17, 15) is 4.79 Å². The fourth-order valence-corrected chi connectivity index (χ4v) is 1.90. The van der Waals surface area contributed by atoms with Crippen molar-refractivity contribution in [1.29, 1.82) is 0 Å². The van der Waals surface area contributed by atoms with Crippen LogP contribution in [0.25, 0.3) is 0 Å². The van der Waals surface area contributed by atoms with Crippen LogP contribution in [0.2, 0.25) is 0 Å². The third-order valence-electron chi connectivity index (χ3n) is 3.04. The molecule has 0 spiro atoms. The number of hydrogen-bond donors (Lipinski definition) is 1. The van der Waals surface area contributed by atoms with E-state index in [-0.39, 0.29) is 26.2 Å². The maximum absolute atomic E-state index is 10.3. The summed E-state index contributed by atoms with van der Waals surface area (Å²) in [6.07, 6.45) is 23.4. The first-order chi connectivity index (χ1) is 9.77. The third-order valence-corrected chi connectivity index (χ3v) is 3.04. The molecule has 0 aliphatic rings. The number of carboxylic acids is 1. The van der Waals surface area contributed by atoms with Gasteiger partial charge in [0.05, 0.1) is 0 Å². The van der Waals surface area contributed by atoms with E-state index in [1.807, 2.05) is 0 Å². The zero-order valence-corrected chi connectivity index (χ0v) is 19.1. The minimum absolute atomic E-state index is 0. The first kappa shape index (κ1) is 22.8. The van der Waals surface area contributed by atoms with Gasteiger partial charge in [-0.3, -0.25) is 4.79 Å². The van der Waals surface area contributed by atoms with Crippen LogP contribution in [0.4, 0.5) is 0 Å². The molecular formula is C18H33BiO2. The van der Waals surface area contributed by atoms with E-state index in [0.29, 0.717) is 6.42 Å². The second kappa shape index (κ2) is 19.6. The molecule has 0 bridgehead atoms. The zero-order chi connectivity index (χ0) is 14.9. The summed E-state index contributed by atoms with van der Waals surface area (Å²) in [6.45, 7) is 2.15. The van der Waals surface area contributed by atoms with Crippen LogP contribution in [0.5, 0.6) is 0 Å². The monoisotopic (exact) mass is 490 g/mol. The Balaban J connectivity index is 0. The summed E-state index contributed by atoms with van der Waals surface area (Å²) in [4.78, 5) is 10.3. The van der Waals surface area contributed by atoms with E-state index in [0.717, 1.165) is 44.9 Å². The Labute approximate surface area is 149 Å². The van der Waals surface area contributed by atoms with E-state index in [4.69, 9.17) is 5.11 Å². The van der Waals surface area contributed by atoms with Crippen molar-refractivity contribution < 1.29 is 9.90 Å². The molecule has 0 heterocycles. The fourth-order valence-electron chi connectivity index (χ4n) is 1.90. The molecule has 0 unspecified atom stereocenters. The van der Waals surface area contributed by atoms with Crippen molar-refractivity contribution in [3.05, 3.63) is 36.5 Å². The third kappa shape index (κ3) is 22.0. The Morgan fingerprint density at radius 2 is 1.33 bits per heavy atom. The van der Waals surface area contributed by atoms with Gasteiger partial charge in [-0.1, -0.05) is 62.6 Å². The van der Waals surface area contributed by atoms with Crippen molar-refractivity contribution in [2.24, 2.45) is 0 Å². The van der Waals surface area contributed by atoms with Crippen LogP contribution in [-0.2, 0) is 4.79 Å². The minimum atomic E-state index is -0.675. The molecule has 0 amide bonds. The van der Waals surface area contributed by atoms with E-state index >= 15 is 0 Å². The summed E-state index contributed by atoms with van der Waals surface area (Å²) in [7, 11) is 0. The number of allylic oxidation sites excluding steroid dienone is 6. The van der Waals surface area contributed by atoms with Gasteiger partial charge in [0.15, 0.2) is 0 Å². The molecular weight excluding hydrogens is 457 g/mol. The Morgan fingerprint density at radius 3 is 1.95 bits per heavy atom. The zero-order valence-electron chi connectivity index (χ0n) is 13.6. The molecule has 21 heavy (non-hydrogen) atoms. The average molecular weight is 490 g/mol. The molecule has 0 fully saturated rings. The first-order valence-electron chi connectivity index (χ1n) is 7.94. The Morgan fingerprint density at radius 1 is 0.810 bits per heavy atom. The predicted octanol–water partition coefficient (Wildman–Crippen LogP) is 4.48. The van der Waals surface area contributed by atoms with Crippen molar-refractivity contribution in [3.8, 4) is 0 Å². The molecule has 0 saturated carbocycles. The summed E-state index contributed by atoms with van der Waals surface area (Å²) < 4.78 is 0. The van der Waals surface area contributed by atoms with Crippen LogP contribution in [0, 0.1) is 0 Å². The van der Waals surface area contributed by atoms with Gasteiger partial charge in [-0.25, -0.2) is 0 Å². The van der Waals surface area contributed by atoms with Crippen molar-refractivity contribution in [2.45, 2.75) is 71.1 Å². The summed E-state index contributed by atoms with van der Waals surface area (Å²) in [5, 5.41) is 8.50. The molecule has 0 saturated heterocycles. The standard InChI is InChI=1S/C18H30O2.Bi.3H/c1-2-3-4-5-6-7-8-9-10-11-12-13-14-15-16-17-18(19)20;;;;/h3-4,6-7,9-10H,2,5,8,11-17H2,1H3,(H,19,20);;;;/b4-3-,7-6-,10-9-;;;;. The quantitative estimate of drug-likeness (QED) is 0.235. The van der Waals surface area contributed by atoms with E-state index in [1.54, 1.807) is 0 Å². The summed E-state index contributed by atoms with van der Waals surface area (Å²) >= 11 is 0. The molecule has 0 aromatic heterocycles. The molecule has 0 atom stereocenters. The summed E-state index contributed by atoms with van der Waals surface area (Å²) in [5.74, 6) is -0.675. The molecule has 3 heteroatoms. The molecule has 122 valence electrons. The molecule has 2 nitrogen and oxygen atoms in total. The van der Waals surface area contributed by atoms with Crippen LogP contribution in [-0.4, -0.2) is 37.3 Å². The van der Waals surface area contributed by atoms with Gasteiger partial charge >= 0.3 is 32.2 Å². The topological polar surface area (TPSA) is 37.3 Å². The van der Waals surface area contributed by atoms with Crippen LogP contribution in [0.3, 0.4) is 0 Å². The van der Waals surface area contributed by atoms with Crippen molar-refractivity contribution in [3.63, 3.8) is 0 Å². The van der Waals surface area contributed by atoms with Crippen molar-refractivity contribution in [1.82, 2.24) is 0 Å². The van der Waals surface area contributed by atoms with Crippen LogP contribution in [0.1, 0.15) is 71.1 Å². The van der Waals surface area contributed by atoms with Crippen molar-refractivity contribution >= 4 is 32.2 Å². The molecule has 0 rings (SSSR count). The van der Waals surface area contributed by atoms with E-state index in [2.05, 4.69) is 43.4 Å².